The third-order valence-electron chi connectivity index (χ3n) is 4.92. The summed E-state index contributed by atoms with van der Waals surface area (Å²) in [6.07, 6.45) is 5.72. The van der Waals surface area contributed by atoms with Crippen LogP contribution in [0.2, 0.25) is 0 Å². The summed E-state index contributed by atoms with van der Waals surface area (Å²) in [4.78, 5) is 14.3. The highest BCUT2D eigenvalue weighted by Gasteiger charge is 2.31. The number of rotatable bonds is 3. The van der Waals surface area contributed by atoms with Crippen LogP contribution < -0.4 is 0 Å². The fraction of sp³-hybridized carbons (Fsp3) is 0.750. The molecule has 0 spiro atoms. The highest BCUT2D eigenvalue weighted by Crippen LogP contribution is 2.30. The van der Waals surface area contributed by atoms with Gasteiger partial charge in [0.25, 0.3) is 0 Å². The number of hydrogen-bond donors (Lipinski definition) is 0. The molecule has 1 aliphatic heterocycles. The molecule has 4 nitrogen and oxygen atoms in total. The summed E-state index contributed by atoms with van der Waals surface area (Å²) in [6, 6.07) is 2.13. The second-order valence-electron chi connectivity index (χ2n) is 6.51. The quantitative estimate of drug-likeness (QED) is 0.850. The SMILES string of the molecule is Cc1cc(C)n(CC2CCN(C(=O)C3CCC3)CC2)n1. The number of hydrogen-bond acceptors (Lipinski definition) is 2. The summed E-state index contributed by atoms with van der Waals surface area (Å²) in [5.74, 6) is 1.43. The van der Waals surface area contributed by atoms with E-state index in [9.17, 15) is 4.79 Å². The van der Waals surface area contributed by atoms with Gasteiger partial charge in [-0.3, -0.25) is 9.48 Å². The van der Waals surface area contributed by atoms with Crippen LogP contribution in [-0.2, 0) is 11.3 Å². The Balaban J connectivity index is 1.51. The molecule has 1 aromatic rings. The summed E-state index contributed by atoms with van der Waals surface area (Å²) in [7, 11) is 0. The largest absolute Gasteiger partial charge is 0.342 e. The molecule has 0 radical (unpaired) electrons. The van der Waals surface area contributed by atoms with Crippen molar-refractivity contribution in [1.82, 2.24) is 14.7 Å². The molecule has 1 aromatic heterocycles. The third-order valence-corrected chi connectivity index (χ3v) is 4.92. The molecule has 2 heterocycles. The predicted octanol–water partition coefficient (Wildman–Crippen LogP) is 2.54. The molecule has 0 unspecified atom stereocenters. The number of carbonyl (C=O) groups is 1. The van der Waals surface area contributed by atoms with Gasteiger partial charge in [0, 0.05) is 31.2 Å². The minimum Gasteiger partial charge on any atom is -0.342 e. The van der Waals surface area contributed by atoms with Crippen LogP contribution >= 0.6 is 0 Å². The Morgan fingerprint density at radius 3 is 2.45 bits per heavy atom. The Kier molecular flexibility index (Phi) is 3.81. The van der Waals surface area contributed by atoms with Crippen LogP contribution in [0.5, 0.6) is 0 Å². The summed E-state index contributed by atoms with van der Waals surface area (Å²) >= 11 is 0. The maximum atomic E-state index is 12.2. The molecule has 2 fully saturated rings. The van der Waals surface area contributed by atoms with Crippen LogP contribution in [0.1, 0.15) is 43.5 Å². The van der Waals surface area contributed by atoms with Crippen molar-refractivity contribution < 1.29 is 4.79 Å². The van der Waals surface area contributed by atoms with Gasteiger partial charge in [-0.25, -0.2) is 0 Å². The normalized spacial score (nSPS) is 21.0. The molecule has 0 N–H and O–H groups in total. The smallest absolute Gasteiger partial charge is 0.225 e. The van der Waals surface area contributed by atoms with Crippen LogP contribution in [0.4, 0.5) is 0 Å². The topological polar surface area (TPSA) is 38.1 Å². The average Bonchev–Trinajstić information content (AvgIpc) is 2.66. The molecule has 1 saturated carbocycles. The van der Waals surface area contributed by atoms with E-state index in [1.165, 1.54) is 12.1 Å². The van der Waals surface area contributed by atoms with E-state index >= 15 is 0 Å². The molecule has 0 bridgehead atoms. The molecule has 1 saturated heterocycles. The molecule has 0 aromatic carbocycles. The van der Waals surface area contributed by atoms with E-state index in [0.29, 0.717) is 17.7 Å². The molecular formula is C16H25N3O. The van der Waals surface area contributed by atoms with Crippen LogP contribution in [0.15, 0.2) is 6.07 Å². The Morgan fingerprint density at radius 1 is 1.25 bits per heavy atom. The van der Waals surface area contributed by atoms with Gasteiger partial charge in [-0.2, -0.15) is 5.10 Å². The Hall–Kier alpha value is -1.32. The van der Waals surface area contributed by atoms with Crippen LogP contribution in [0.25, 0.3) is 0 Å². The second-order valence-corrected chi connectivity index (χ2v) is 6.51. The fourth-order valence-corrected chi connectivity index (χ4v) is 3.35. The molecule has 3 rings (SSSR count). The minimum atomic E-state index is 0.350. The van der Waals surface area contributed by atoms with Crippen molar-refractivity contribution in [3.63, 3.8) is 0 Å². The van der Waals surface area contributed by atoms with Gasteiger partial charge in [0.1, 0.15) is 0 Å². The highest BCUT2D eigenvalue weighted by molar-refractivity contribution is 5.79. The number of piperidine rings is 1. The third kappa shape index (κ3) is 2.74. The summed E-state index contributed by atoms with van der Waals surface area (Å²) in [6.45, 7) is 7.06. The lowest BCUT2D eigenvalue weighted by Gasteiger charge is -2.36. The van der Waals surface area contributed by atoms with E-state index in [4.69, 9.17) is 0 Å². The molecule has 0 atom stereocenters. The highest BCUT2D eigenvalue weighted by atomic mass is 16.2. The van der Waals surface area contributed by atoms with E-state index < -0.39 is 0 Å². The van der Waals surface area contributed by atoms with Crippen molar-refractivity contribution >= 4 is 5.91 Å². The summed E-state index contributed by atoms with van der Waals surface area (Å²) in [5, 5.41) is 4.55. The number of likely N-dealkylation sites (tertiary alicyclic amines) is 1. The summed E-state index contributed by atoms with van der Waals surface area (Å²) < 4.78 is 2.13. The molecule has 110 valence electrons. The first-order valence-electron chi connectivity index (χ1n) is 7.93. The molecule has 1 amide bonds. The van der Waals surface area contributed by atoms with E-state index in [2.05, 4.69) is 27.7 Å². The van der Waals surface area contributed by atoms with Gasteiger partial charge in [-0.1, -0.05) is 6.42 Å². The lowest BCUT2D eigenvalue weighted by Crippen LogP contribution is -2.44. The van der Waals surface area contributed by atoms with Crippen molar-refractivity contribution in [2.24, 2.45) is 11.8 Å². The van der Waals surface area contributed by atoms with Crippen LogP contribution in [-0.4, -0.2) is 33.7 Å². The minimum absolute atomic E-state index is 0.350. The van der Waals surface area contributed by atoms with Crippen molar-refractivity contribution in [3.05, 3.63) is 17.5 Å². The van der Waals surface area contributed by atoms with E-state index in [1.807, 2.05) is 6.92 Å². The van der Waals surface area contributed by atoms with Gasteiger partial charge in [0.05, 0.1) is 5.69 Å². The van der Waals surface area contributed by atoms with Gasteiger partial charge in [-0.15, -0.1) is 0 Å². The summed E-state index contributed by atoms with van der Waals surface area (Å²) in [5.41, 5.74) is 2.34. The van der Waals surface area contributed by atoms with Crippen LogP contribution in [0.3, 0.4) is 0 Å². The van der Waals surface area contributed by atoms with Gasteiger partial charge >= 0.3 is 0 Å². The lowest BCUT2D eigenvalue weighted by atomic mass is 9.83. The zero-order valence-electron chi connectivity index (χ0n) is 12.6. The van der Waals surface area contributed by atoms with E-state index in [0.717, 1.165) is 51.0 Å². The Bertz CT molecular complexity index is 482. The lowest BCUT2D eigenvalue weighted by molar-refractivity contribution is -0.139. The maximum absolute atomic E-state index is 12.2. The standard InChI is InChI=1S/C16H25N3O/c1-12-10-13(2)19(17-12)11-14-6-8-18(9-7-14)16(20)15-4-3-5-15/h10,14-15H,3-9,11H2,1-2H3. The Morgan fingerprint density at radius 2 is 1.95 bits per heavy atom. The number of aromatic nitrogens is 2. The molecular weight excluding hydrogens is 250 g/mol. The monoisotopic (exact) mass is 275 g/mol. The number of aryl methyl sites for hydroxylation is 2. The first kappa shape index (κ1) is 13.7. The predicted molar refractivity (Wildman–Crippen MR) is 78.3 cm³/mol. The van der Waals surface area contributed by atoms with E-state index in [-0.39, 0.29) is 0 Å². The zero-order chi connectivity index (χ0) is 14.1. The van der Waals surface area contributed by atoms with E-state index in [1.54, 1.807) is 0 Å². The first-order valence-corrected chi connectivity index (χ1v) is 7.93. The molecule has 20 heavy (non-hydrogen) atoms. The van der Waals surface area contributed by atoms with Gasteiger partial charge in [-0.05, 0) is 51.5 Å². The molecule has 4 heteroatoms. The van der Waals surface area contributed by atoms with Crippen LogP contribution in [0, 0.1) is 25.7 Å². The van der Waals surface area contributed by atoms with Crippen molar-refractivity contribution in [2.45, 2.75) is 52.5 Å². The van der Waals surface area contributed by atoms with Crippen molar-refractivity contribution in [1.29, 1.82) is 0 Å². The number of amides is 1. The Labute approximate surface area is 121 Å². The second kappa shape index (κ2) is 5.58. The molecule has 2 aliphatic rings. The zero-order valence-corrected chi connectivity index (χ0v) is 12.6. The van der Waals surface area contributed by atoms with Gasteiger partial charge < -0.3 is 4.90 Å². The van der Waals surface area contributed by atoms with Crippen molar-refractivity contribution in [2.75, 3.05) is 13.1 Å². The number of nitrogens with zero attached hydrogens (tertiary/aromatic N) is 3. The van der Waals surface area contributed by atoms with Gasteiger partial charge in [0.2, 0.25) is 5.91 Å². The molecule has 1 aliphatic carbocycles. The first-order chi connectivity index (χ1) is 9.63. The van der Waals surface area contributed by atoms with Crippen molar-refractivity contribution in [3.8, 4) is 0 Å². The maximum Gasteiger partial charge on any atom is 0.225 e. The number of carbonyl (C=O) groups excluding carboxylic acids is 1. The van der Waals surface area contributed by atoms with Gasteiger partial charge in [0.15, 0.2) is 0 Å². The fourth-order valence-electron chi connectivity index (χ4n) is 3.35. The average molecular weight is 275 g/mol.